The topological polar surface area (TPSA) is 38.0 Å². The van der Waals surface area contributed by atoms with Crippen LogP contribution in [0.25, 0.3) is 0 Å². The average molecular weight is 229 g/mol. The van der Waals surface area contributed by atoms with Crippen LogP contribution in [0.15, 0.2) is 22.7 Å². The molecule has 3 N–H and O–H groups in total. The highest BCUT2D eigenvalue weighted by molar-refractivity contribution is 9.10. The Kier molecular flexibility index (Phi) is 3.72. The summed E-state index contributed by atoms with van der Waals surface area (Å²) in [5.74, 6) is 5.18. The van der Waals surface area contributed by atoms with Gasteiger partial charge in [0, 0.05) is 11.0 Å². The lowest BCUT2D eigenvalue weighted by molar-refractivity contribution is 0.728. The third kappa shape index (κ3) is 2.59. The zero-order valence-corrected chi connectivity index (χ0v) is 8.69. The second-order valence-corrected chi connectivity index (χ2v) is 3.64. The van der Waals surface area contributed by atoms with Gasteiger partial charge in [-0.15, -0.1) is 0 Å². The molecule has 0 bridgehead atoms. The highest BCUT2D eigenvalue weighted by atomic mass is 79.9. The zero-order valence-electron chi connectivity index (χ0n) is 7.10. The summed E-state index contributed by atoms with van der Waals surface area (Å²) in [6.45, 7) is 2.89. The van der Waals surface area contributed by atoms with Crippen LogP contribution in [0.1, 0.15) is 11.1 Å². The van der Waals surface area contributed by atoms with E-state index in [0.29, 0.717) is 0 Å². The first-order chi connectivity index (χ1) is 5.74. The van der Waals surface area contributed by atoms with Gasteiger partial charge >= 0.3 is 0 Å². The summed E-state index contributed by atoms with van der Waals surface area (Å²) in [5.41, 5.74) is 5.20. The maximum Gasteiger partial charge on any atom is 0.0207 e. The zero-order chi connectivity index (χ0) is 8.97. The maximum atomic E-state index is 5.18. The first kappa shape index (κ1) is 9.71. The molecule has 1 aromatic carbocycles. The van der Waals surface area contributed by atoms with E-state index in [2.05, 4.69) is 46.5 Å². The summed E-state index contributed by atoms with van der Waals surface area (Å²) in [5, 5.41) is 0. The number of hydrogen-bond donors (Lipinski definition) is 2. The van der Waals surface area contributed by atoms with Crippen LogP contribution >= 0.6 is 15.9 Å². The van der Waals surface area contributed by atoms with Gasteiger partial charge in [-0.2, -0.15) is 0 Å². The Bertz CT molecular complexity index is 261. The lowest BCUT2D eigenvalue weighted by Crippen LogP contribution is -2.24. The minimum atomic E-state index is 0.815. The summed E-state index contributed by atoms with van der Waals surface area (Å²) >= 11 is 3.49. The van der Waals surface area contributed by atoms with Gasteiger partial charge in [-0.1, -0.05) is 28.1 Å². The van der Waals surface area contributed by atoms with Crippen molar-refractivity contribution in [2.75, 3.05) is 6.54 Å². The smallest absolute Gasteiger partial charge is 0.0207 e. The van der Waals surface area contributed by atoms with E-state index >= 15 is 0 Å². The van der Waals surface area contributed by atoms with Gasteiger partial charge in [-0.3, -0.25) is 11.3 Å². The molecule has 0 spiro atoms. The molecule has 0 unspecified atom stereocenters. The van der Waals surface area contributed by atoms with Crippen molar-refractivity contribution in [2.24, 2.45) is 5.84 Å². The third-order valence-electron chi connectivity index (χ3n) is 1.79. The van der Waals surface area contributed by atoms with Crippen molar-refractivity contribution in [1.29, 1.82) is 0 Å². The number of rotatable bonds is 3. The number of hydrazine groups is 1. The van der Waals surface area contributed by atoms with Crippen molar-refractivity contribution in [3.05, 3.63) is 33.8 Å². The minimum Gasteiger partial charge on any atom is -0.271 e. The van der Waals surface area contributed by atoms with Crippen molar-refractivity contribution < 1.29 is 0 Å². The molecule has 1 rings (SSSR count). The van der Waals surface area contributed by atoms with Crippen LogP contribution in [0.4, 0.5) is 0 Å². The van der Waals surface area contributed by atoms with Crippen LogP contribution in [0.3, 0.4) is 0 Å². The van der Waals surface area contributed by atoms with E-state index in [1.165, 1.54) is 11.1 Å². The Morgan fingerprint density at radius 2 is 2.25 bits per heavy atom. The van der Waals surface area contributed by atoms with Gasteiger partial charge < -0.3 is 0 Å². The van der Waals surface area contributed by atoms with E-state index in [1.54, 1.807) is 0 Å². The van der Waals surface area contributed by atoms with Crippen molar-refractivity contribution in [2.45, 2.75) is 13.3 Å². The van der Waals surface area contributed by atoms with Gasteiger partial charge in [0.15, 0.2) is 0 Å². The Morgan fingerprint density at radius 1 is 1.50 bits per heavy atom. The monoisotopic (exact) mass is 228 g/mol. The molecule has 0 aliphatic rings. The van der Waals surface area contributed by atoms with E-state index in [0.717, 1.165) is 17.4 Å². The van der Waals surface area contributed by atoms with Gasteiger partial charge in [0.25, 0.3) is 0 Å². The Labute approximate surface area is 81.3 Å². The largest absolute Gasteiger partial charge is 0.271 e. The molecule has 2 nitrogen and oxygen atoms in total. The molecule has 0 saturated carbocycles. The molecule has 3 heteroatoms. The van der Waals surface area contributed by atoms with Crippen LogP contribution in [0.2, 0.25) is 0 Å². The molecule has 0 amide bonds. The summed E-state index contributed by atoms with van der Waals surface area (Å²) < 4.78 is 1.16. The van der Waals surface area contributed by atoms with E-state index in [9.17, 15) is 0 Å². The molecular weight excluding hydrogens is 216 g/mol. The Morgan fingerprint density at radius 3 is 2.83 bits per heavy atom. The molecular formula is C9H13BrN2. The van der Waals surface area contributed by atoms with Gasteiger partial charge in [0.05, 0.1) is 0 Å². The second-order valence-electron chi connectivity index (χ2n) is 2.79. The fourth-order valence-electron chi connectivity index (χ4n) is 1.01. The number of halogens is 1. The molecule has 0 saturated heterocycles. The highest BCUT2D eigenvalue weighted by Crippen LogP contribution is 2.17. The first-order valence-corrected chi connectivity index (χ1v) is 4.72. The Hall–Kier alpha value is -0.380. The van der Waals surface area contributed by atoms with Crippen LogP contribution in [-0.2, 0) is 6.42 Å². The maximum absolute atomic E-state index is 5.18. The lowest BCUT2D eigenvalue weighted by Gasteiger charge is -2.03. The fourth-order valence-corrected chi connectivity index (χ4v) is 1.43. The molecule has 12 heavy (non-hydrogen) atoms. The van der Waals surface area contributed by atoms with Crippen molar-refractivity contribution in [1.82, 2.24) is 5.43 Å². The van der Waals surface area contributed by atoms with Crippen LogP contribution < -0.4 is 11.3 Å². The average Bonchev–Trinajstić information content (AvgIpc) is 2.07. The van der Waals surface area contributed by atoms with Gasteiger partial charge in [-0.25, -0.2) is 0 Å². The quantitative estimate of drug-likeness (QED) is 0.612. The SMILES string of the molecule is Cc1ccc(CCNN)cc1Br. The van der Waals surface area contributed by atoms with Gasteiger partial charge in [0.1, 0.15) is 0 Å². The standard InChI is InChI=1S/C9H13BrN2/c1-7-2-3-8(4-5-12-11)6-9(7)10/h2-3,6,12H,4-5,11H2,1H3. The van der Waals surface area contributed by atoms with Crippen molar-refractivity contribution >= 4 is 15.9 Å². The molecule has 0 radical (unpaired) electrons. The van der Waals surface area contributed by atoms with Crippen LogP contribution in [0, 0.1) is 6.92 Å². The van der Waals surface area contributed by atoms with Crippen molar-refractivity contribution in [3.63, 3.8) is 0 Å². The molecule has 0 heterocycles. The predicted molar refractivity (Wildman–Crippen MR) is 54.8 cm³/mol. The number of aryl methyl sites for hydroxylation is 1. The summed E-state index contributed by atoms with van der Waals surface area (Å²) in [6, 6.07) is 6.36. The fraction of sp³-hybridized carbons (Fsp3) is 0.333. The summed E-state index contributed by atoms with van der Waals surface area (Å²) in [7, 11) is 0. The molecule has 0 fully saturated rings. The molecule has 66 valence electrons. The van der Waals surface area contributed by atoms with E-state index in [4.69, 9.17) is 5.84 Å². The Balaban J connectivity index is 2.69. The highest BCUT2D eigenvalue weighted by Gasteiger charge is 1.96. The lowest BCUT2D eigenvalue weighted by atomic mass is 10.1. The third-order valence-corrected chi connectivity index (χ3v) is 2.65. The molecule has 0 aromatic heterocycles. The number of hydrogen-bond acceptors (Lipinski definition) is 2. The number of nitrogens with one attached hydrogen (secondary N) is 1. The second kappa shape index (κ2) is 4.60. The summed E-state index contributed by atoms with van der Waals surface area (Å²) in [6.07, 6.45) is 0.968. The minimum absolute atomic E-state index is 0.815. The molecule has 0 atom stereocenters. The van der Waals surface area contributed by atoms with Crippen molar-refractivity contribution in [3.8, 4) is 0 Å². The summed E-state index contributed by atoms with van der Waals surface area (Å²) in [4.78, 5) is 0. The normalized spacial score (nSPS) is 10.2. The van der Waals surface area contributed by atoms with E-state index in [1.807, 2.05) is 0 Å². The number of benzene rings is 1. The van der Waals surface area contributed by atoms with E-state index in [-0.39, 0.29) is 0 Å². The molecule has 1 aromatic rings. The predicted octanol–water partition coefficient (Wildman–Crippen LogP) is 1.76. The van der Waals surface area contributed by atoms with E-state index < -0.39 is 0 Å². The first-order valence-electron chi connectivity index (χ1n) is 3.92. The molecule has 0 aliphatic heterocycles. The van der Waals surface area contributed by atoms with Gasteiger partial charge in [0.2, 0.25) is 0 Å². The van der Waals surface area contributed by atoms with Crippen LogP contribution in [-0.4, -0.2) is 6.54 Å². The van der Waals surface area contributed by atoms with Crippen LogP contribution in [0.5, 0.6) is 0 Å². The van der Waals surface area contributed by atoms with Gasteiger partial charge in [-0.05, 0) is 30.5 Å². The number of nitrogens with two attached hydrogens (primary N) is 1. The molecule has 0 aliphatic carbocycles.